The van der Waals surface area contributed by atoms with Crippen molar-refractivity contribution in [3.05, 3.63) is 0 Å². The summed E-state index contributed by atoms with van der Waals surface area (Å²) >= 11 is 0. The van der Waals surface area contributed by atoms with Crippen LogP contribution in [0.5, 0.6) is 0 Å². The summed E-state index contributed by atoms with van der Waals surface area (Å²) in [7, 11) is -3.29. The Hall–Kier alpha value is -0.660. The Labute approximate surface area is 71.1 Å². The van der Waals surface area contributed by atoms with E-state index in [1.807, 2.05) is 6.92 Å². The zero-order valence-corrected chi connectivity index (χ0v) is 7.67. The predicted octanol–water partition coefficient (Wildman–Crippen LogP) is 0.307. The molecule has 0 fully saturated rings. The van der Waals surface area contributed by atoms with Crippen LogP contribution in [0.25, 0.3) is 0 Å². The van der Waals surface area contributed by atoms with Gasteiger partial charge in [0.1, 0.15) is 0 Å². The van der Waals surface area contributed by atoms with Crippen LogP contribution < -0.4 is 0 Å². The monoisotopic (exact) mass is 200 g/mol. The maximum Gasteiger partial charge on any atom is 0.397 e. The van der Waals surface area contributed by atoms with Gasteiger partial charge < -0.3 is 5.11 Å². The van der Waals surface area contributed by atoms with E-state index >= 15 is 0 Å². The Morgan fingerprint density at radius 3 is 1.83 bits per heavy atom. The molecule has 6 nitrogen and oxygen atoms in total. The summed E-state index contributed by atoms with van der Waals surface area (Å²) in [6.07, 6.45) is 1.02. The minimum atomic E-state index is -4.16. The summed E-state index contributed by atoms with van der Waals surface area (Å²) in [4.78, 5) is 9.60. The van der Waals surface area contributed by atoms with Gasteiger partial charge in [0.05, 0.1) is 7.11 Å². The van der Waals surface area contributed by atoms with E-state index in [9.17, 15) is 13.2 Å². The highest BCUT2D eigenvalue weighted by Crippen LogP contribution is 1.82. The first-order valence-electron chi connectivity index (χ1n) is 3.08. The molecule has 0 aliphatic rings. The summed E-state index contributed by atoms with van der Waals surface area (Å²) < 4.78 is 29.7. The molecule has 0 saturated heterocycles. The molecule has 0 aliphatic heterocycles. The van der Waals surface area contributed by atoms with Gasteiger partial charge in [-0.1, -0.05) is 6.92 Å². The molecule has 0 amide bonds. The lowest BCUT2D eigenvalue weighted by Crippen LogP contribution is -1.96. The highest BCUT2D eigenvalue weighted by Gasteiger charge is 1.94. The second-order valence-corrected chi connectivity index (χ2v) is 2.93. The fraction of sp³-hybridized carbons (Fsp3) is 0.800. The molecule has 12 heavy (non-hydrogen) atoms. The Balaban J connectivity index is 0. The lowest BCUT2D eigenvalue weighted by atomic mass is 10.4. The van der Waals surface area contributed by atoms with Gasteiger partial charge in [-0.2, -0.15) is 8.42 Å². The van der Waals surface area contributed by atoms with Crippen molar-refractivity contribution in [3.63, 3.8) is 0 Å². The Kier molecular flexibility index (Phi) is 8.12. The smallest absolute Gasteiger partial charge is 0.397 e. The van der Waals surface area contributed by atoms with Crippen molar-refractivity contribution in [2.45, 2.75) is 19.8 Å². The molecule has 0 aromatic carbocycles. The van der Waals surface area contributed by atoms with Gasteiger partial charge in [-0.25, -0.2) is 0 Å². The normalized spacial score (nSPS) is 9.92. The first kappa shape index (κ1) is 13.9. The molecular weight excluding hydrogens is 188 g/mol. The second-order valence-electron chi connectivity index (χ2n) is 1.74. The van der Waals surface area contributed by atoms with Crippen LogP contribution in [0.4, 0.5) is 0 Å². The largest absolute Gasteiger partial charge is 0.481 e. The highest BCUT2D eigenvalue weighted by molar-refractivity contribution is 7.80. The SMILES string of the molecule is CCCC(=O)O.COS(=O)(=O)O. The molecule has 0 saturated carbocycles. The van der Waals surface area contributed by atoms with Crippen LogP contribution in [0.15, 0.2) is 0 Å². The molecule has 0 rings (SSSR count). The summed E-state index contributed by atoms with van der Waals surface area (Å²) in [6, 6.07) is 0. The van der Waals surface area contributed by atoms with E-state index in [0.717, 1.165) is 13.5 Å². The minimum Gasteiger partial charge on any atom is -0.481 e. The third kappa shape index (κ3) is 22.8. The Bertz CT molecular complexity index is 206. The molecular formula is C5H12O6S. The van der Waals surface area contributed by atoms with Crippen LogP contribution in [-0.2, 0) is 19.4 Å². The second kappa shape index (κ2) is 7.01. The molecule has 0 bridgehead atoms. The van der Waals surface area contributed by atoms with Crippen molar-refractivity contribution in [1.29, 1.82) is 0 Å². The van der Waals surface area contributed by atoms with Crippen molar-refractivity contribution in [3.8, 4) is 0 Å². The maximum atomic E-state index is 9.60. The van der Waals surface area contributed by atoms with Gasteiger partial charge in [0.15, 0.2) is 0 Å². The fourth-order valence-corrected chi connectivity index (χ4v) is 0.214. The molecule has 74 valence electrons. The highest BCUT2D eigenvalue weighted by atomic mass is 32.3. The summed E-state index contributed by atoms with van der Waals surface area (Å²) in [5.74, 6) is -0.711. The van der Waals surface area contributed by atoms with E-state index in [1.165, 1.54) is 0 Å². The van der Waals surface area contributed by atoms with Gasteiger partial charge >= 0.3 is 16.4 Å². The van der Waals surface area contributed by atoms with Gasteiger partial charge in [0.25, 0.3) is 0 Å². The van der Waals surface area contributed by atoms with E-state index in [-0.39, 0.29) is 0 Å². The summed E-state index contributed by atoms with van der Waals surface area (Å²) in [5.41, 5.74) is 0. The molecule has 7 heteroatoms. The fourth-order valence-electron chi connectivity index (χ4n) is 0.214. The molecule has 0 heterocycles. The predicted molar refractivity (Wildman–Crippen MR) is 41.1 cm³/mol. The van der Waals surface area contributed by atoms with Gasteiger partial charge in [-0.05, 0) is 6.42 Å². The molecule has 0 atom stereocenters. The number of aliphatic carboxylic acids is 1. The average molecular weight is 200 g/mol. The van der Waals surface area contributed by atoms with Crippen LogP contribution in [0.1, 0.15) is 19.8 Å². The van der Waals surface area contributed by atoms with Gasteiger partial charge in [0.2, 0.25) is 0 Å². The van der Waals surface area contributed by atoms with Crippen molar-refractivity contribution >= 4 is 16.4 Å². The minimum absolute atomic E-state index is 0.292. The molecule has 0 aromatic rings. The van der Waals surface area contributed by atoms with Crippen LogP contribution in [-0.4, -0.2) is 31.2 Å². The van der Waals surface area contributed by atoms with Crippen LogP contribution in [0.3, 0.4) is 0 Å². The summed E-state index contributed by atoms with van der Waals surface area (Å²) in [5, 5.41) is 7.91. The van der Waals surface area contributed by atoms with Crippen LogP contribution in [0.2, 0.25) is 0 Å². The van der Waals surface area contributed by atoms with Crippen molar-refractivity contribution in [2.75, 3.05) is 7.11 Å². The zero-order chi connectivity index (χ0) is 10.2. The van der Waals surface area contributed by atoms with E-state index in [2.05, 4.69) is 4.18 Å². The zero-order valence-electron chi connectivity index (χ0n) is 6.85. The van der Waals surface area contributed by atoms with Crippen molar-refractivity contribution in [1.82, 2.24) is 0 Å². The number of hydrogen-bond donors (Lipinski definition) is 2. The van der Waals surface area contributed by atoms with E-state index in [4.69, 9.17) is 9.66 Å². The lowest BCUT2D eigenvalue weighted by Gasteiger charge is -1.82. The average Bonchev–Trinajstić information content (AvgIpc) is 1.87. The topological polar surface area (TPSA) is 101 Å². The molecule has 0 spiro atoms. The quantitative estimate of drug-likeness (QED) is 0.635. The number of hydrogen-bond acceptors (Lipinski definition) is 4. The molecule has 0 unspecified atom stereocenters. The van der Waals surface area contributed by atoms with E-state index in [1.54, 1.807) is 0 Å². The van der Waals surface area contributed by atoms with Crippen LogP contribution >= 0.6 is 0 Å². The first-order valence-corrected chi connectivity index (χ1v) is 4.44. The third-order valence-electron chi connectivity index (χ3n) is 0.674. The van der Waals surface area contributed by atoms with Crippen LogP contribution in [0, 0.1) is 0 Å². The maximum absolute atomic E-state index is 9.60. The lowest BCUT2D eigenvalue weighted by molar-refractivity contribution is -0.137. The third-order valence-corrected chi connectivity index (χ3v) is 1.10. The number of carboxylic acids is 1. The standard InChI is InChI=1S/C4H8O2.CH4O4S/c1-2-3-4(5)6;1-5-6(2,3)4/h2-3H2,1H3,(H,5,6);1H3,(H,2,3,4). The first-order chi connectivity index (χ1) is 5.33. The summed E-state index contributed by atoms with van der Waals surface area (Å²) in [6.45, 7) is 1.84. The number of carbonyl (C=O) groups is 1. The van der Waals surface area contributed by atoms with Gasteiger partial charge in [-0.3, -0.25) is 13.5 Å². The van der Waals surface area contributed by atoms with E-state index < -0.39 is 16.4 Å². The molecule has 0 aliphatic carbocycles. The Morgan fingerprint density at radius 2 is 1.83 bits per heavy atom. The number of carboxylic acid groups (broad SMARTS) is 1. The van der Waals surface area contributed by atoms with Gasteiger partial charge in [-0.15, -0.1) is 0 Å². The van der Waals surface area contributed by atoms with Crippen molar-refractivity contribution < 1.29 is 27.1 Å². The van der Waals surface area contributed by atoms with Crippen molar-refractivity contribution in [2.24, 2.45) is 0 Å². The molecule has 0 aromatic heterocycles. The molecule has 0 radical (unpaired) electrons. The molecule has 2 N–H and O–H groups in total. The van der Waals surface area contributed by atoms with E-state index in [0.29, 0.717) is 6.42 Å². The number of rotatable bonds is 3. The van der Waals surface area contributed by atoms with Gasteiger partial charge in [0, 0.05) is 6.42 Å². The Morgan fingerprint density at radius 1 is 1.50 bits per heavy atom.